The fraction of sp³-hybridized carbons (Fsp3) is 0.615. The van der Waals surface area contributed by atoms with Gasteiger partial charge in [-0.05, 0) is 19.3 Å². The van der Waals surface area contributed by atoms with Crippen LogP contribution in [0.15, 0.2) is 6.20 Å². The van der Waals surface area contributed by atoms with Crippen LogP contribution in [0, 0.1) is 0 Å². The number of nitrogens with zero attached hydrogens (tertiary/aromatic N) is 2. The Labute approximate surface area is 117 Å². The first-order valence-corrected chi connectivity index (χ1v) is 6.80. The van der Waals surface area contributed by atoms with E-state index in [2.05, 4.69) is 26.9 Å². The minimum absolute atomic E-state index is 0.0257. The molecular formula is C13H20N4O3. The molecule has 7 heteroatoms. The van der Waals surface area contributed by atoms with E-state index >= 15 is 0 Å². The van der Waals surface area contributed by atoms with E-state index in [1.807, 2.05) is 6.20 Å². The summed E-state index contributed by atoms with van der Waals surface area (Å²) in [5.74, 6) is 0.707. The molecule has 0 aliphatic carbocycles. The molecule has 2 N–H and O–H groups in total. The maximum atomic E-state index is 12.1. The van der Waals surface area contributed by atoms with E-state index in [4.69, 9.17) is 0 Å². The molecule has 0 aromatic carbocycles. The van der Waals surface area contributed by atoms with Crippen LogP contribution in [0.25, 0.3) is 0 Å². The number of nitrogens with one attached hydrogen (secondary N) is 2. The number of H-pyrrole nitrogens is 1. The number of hydrogen-bond donors (Lipinski definition) is 2. The lowest BCUT2D eigenvalue weighted by molar-refractivity contribution is -0.131. The highest BCUT2D eigenvalue weighted by Crippen LogP contribution is 2.29. The van der Waals surface area contributed by atoms with Crippen molar-refractivity contribution < 1.29 is 14.3 Å². The quantitative estimate of drug-likeness (QED) is 0.861. The zero-order valence-corrected chi connectivity index (χ0v) is 11.8. The van der Waals surface area contributed by atoms with Crippen LogP contribution in [0.5, 0.6) is 0 Å². The van der Waals surface area contributed by atoms with Crippen molar-refractivity contribution in [2.45, 2.75) is 32.2 Å². The van der Waals surface area contributed by atoms with Crippen molar-refractivity contribution in [3.05, 3.63) is 17.7 Å². The molecule has 1 fully saturated rings. The summed E-state index contributed by atoms with van der Waals surface area (Å²) in [6.07, 6.45) is 3.93. The molecule has 1 atom stereocenters. The number of carbonyl (C=O) groups excluding carboxylic acids is 2. The third-order valence-corrected chi connectivity index (χ3v) is 3.49. The fourth-order valence-electron chi connectivity index (χ4n) is 2.40. The second-order valence-corrected chi connectivity index (χ2v) is 4.74. The normalized spacial score (nSPS) is 18.1. The molecule has 2 amide bonds. The van der Waals surface area contributed by atoms with E-state index in [0.717, 1.165) is 30.8 Å². The number of ether oxygens (including phenoxy) is 1. The Morgan fingerprint density at radius 3 is 3.05 bits per heavy atom. The Hall–Kier alpha value is -2.05. The number of carbonyl (C=O) groups is 2. The van der Waals surface area contributed by atoms with Gasteiger partial charge in [-0.3, -0.25) is 4.79 Å². The molecule has 20 heavy (non-hydrogen) atoms. The summed E-state index contributed by atoms with van der Waals surface area (Å²) in [6, 6.07) is -0.0257. The van der Waals surface area contributed by atoms with Gasteiger partial charge in [-0.1, -0.05) is 6.92 Å². The summed E-state index contributed by atoms with van der Waals surface area (Å²) in [5.41, 5.74) is 1.06. The Kier molecular flexibility index (Phi) is 4.60. The maximum Gasteiger partial charge on any atom is 0.407 e. The predicted molar refractivity (Wildman–Crippen MR) is 72.1 cm³/mol. The van der Waals surface area contributed by atoms with Crippen LogP contribution in [0.2, 0.25) is 0 Å². The van der Waals surface area contributed by atoms with E-state index in [0.29, 0.717) is 6.54 Å². The first-order valence-electron chi connectivity index (χ1n) is 6.80. The number of aromatic nitrogens is 2. The second kappa shape index (κ2) is 6.40. The summed E-state index contributed by atoms with van der Waals surface area (Å²) in [7, 11) is 1.27. The highest BCUT2D eigenvalue weighted by Gasteiger charge is 2.31. The van der Waals surface area contributed by atoms with Gasteiger partial charge < -0.3 is 19.9 Å². The molecule has 0 saturated carbocycles. The third kappa shape index (κ3) is 3.09. The standard InChI is InChI=1S/C13H20N4O3/c1-3-9-7-14-12(16-9)10-5-4-6-17(10)11(18)8-15-13(19)20-2/h7,10H,3-6,8H2,1-2H3,(H,14,16)(H,15,19). The number of aromatic amines is 1. The average Bonchev–Trinajstić information content (AvgIpc) is 3.11. The van der Waals surface area contributed by atoms with Crippen LogP contribution in [0.4, 0.5) is 4.79 Å². The predicted octanol–water partition coefficient (Wildman–Crippen LogP) is 0.992. The monoisotopic (exact) mass is 280 g/mol. The van der Waals surface area contributed by atoms with Gasteiger partial charge in [-0.25, -0.2) is 9.78 Å². The van der Waals surface area contributed by atoms with Gasteiger partial charge in [-0.15, -0.1) is 0 Å². The third-order valence-electron chi connectivity index (χ3n) is 3.49. The first-order chi connectivity index (χ1) is 9.65. The lowest BCUT2D eigenvalue weighted by Gasteiger charge is -2.23. The smallest absolute Gasteiger partial charge is 0.407 e. The van der Waals surface area contributed by atoms with Gasteiger partial charge in [0.1, 0.15) is 12.4 Å². The summed E-state index contributed by atoms with van der Waals surface area (Å²) in [5, 5.41) is 2.41. The minimum atomic E-state index is -0.597. The molecule has 1 unspecified atom stereocenters. The number of aryl methyl sites for hydroxylation is 1. The largest absolute Gasteiger partial charge is 0.453 e. The van der Waals surface area contributed by atoms with Gasteiger partial charge in [0.25, 0.3) is 0 Å². The lowest BCUT2D eigenvalue weighted by Crippen LogP contribution is -2.40. The molecule has 0 spiro atoms. The number of hydrogen-bond acceptors (Lipinski definition) is 4. The number of alkyl carbamates (subject to hydrolysis) is 1. The van der Waals surface area contributed by atoms with E-state index in [9.17, 15) is 9.59 Å². The van der Waals surface area contributed by atoms with Crippen molar-refractivity contribution in [2.24, 2.45) is 0 Å². The first kappa shape index (κ1) is 14.4. The average molecular weight is 280 g/mol. The summed E-state index contributed by atoms with van der Waals surface area (Å²) in [6.45, 7) is 2.69. The summed E-state index contributed by atoms with van der Waals surface area (Å²) < 4.78 is 4.45. The van der Waals surface area contributed by atoms with E-state index < -0.39 is 6.09 Å². The Bertz CT molecular complexity index is 486. The van der Waals surface area contributed by atoms with Crippen molar-refractivity contribution in [3.63, 3.8) is 0 Å². The highest BCUT2D eigenvalue weighted by atomic mass is 16.5. The Balaban J connectivity index is 1.99. The number of amides is 2. The van der Waals surface area contributed by atoms with Crippen LogP contribution in [0.3, 0.4) is 0 Å². The molecule has 1 aromatic rings. The fourth-order valence-corrected chi connectivity index (χ4v) is 2.40. The topological polar surface area (TPSA) is 87.3 Å². The molecule has 1 saturated heterocycles. The zero-order valence-electron chi connectivity index (χ0n) is 11.8. The maximum absolute atomic E-state index is 12.1. The lowest BCUT2D eigenvalue weighted by atomic mass is 10.2. The van der Waals surface area contributed by atoms with Crippen molar-refractivity contribution in [2.75, 3.05) is 20.2 Å². The molecule has 1 aromatic heterocycles. The number of likely N-dealkylation sites (tertiary alicyclic amines) is 1. The van der Waals surface area contributed by atoms with Crippen molar-refractivity contribution in [1.29, 1.82) is 0 Å². The molecule has 7 nitrogen and oxygen atoms in total. The van der Waals surface area contributed by atoms with Gasteiger partial charge in [-0.2, -0.15) is 0 Å². The molecule has 2 heterocycles. The van der Waals surface area contributed by atoms with Gasteiger partial charge in [0.2, 0.25) is 5.91 Å². The van der Waals surface area contributed by atoms with Crippen LogP contribution in [0.1, 0.15) is 37.3 Å². The Morgan fingerprint density at radius 1 is 1.60 bits per heavy atom. The molecule has 1 aliphatic heterocycles. The molecule has 0 bridgehead atoms. The van der Waals surface area contributed by atoms with Gasteiger partial charge in [0, 0.05) is 18.4 Å². The van der Waals surface area contributed by atoms with Crippen LogP contribution in [-0.2, 0) is 16.0 Å². The van der Waals surface area contributed by atoms with Crippen molar-refractivity contribution in [3.8, 4) is 0 Å². The van der Waals surface area contributed by atoms with Gasteiger partial charge >= 0.3 is 6.09 Å². The number of rotatable bonds is 4. The summed E-state index contributed by atoms with van der Waals surface area (Å²) >= 11 is 0. The second-order valence-electron chi connectivity index (χ2n) is 4.74. The molecule has 110 valence electrons. The zero-order chi connectivity index (χ0) is 14.5. The van der Waals surface area contributed by atoms with E-state index in [1.54, 1.807) is 4.90 Å². The SMILES string of the molecule is CCc1cnc(C2CCCN2C(=O)CNC(=O)OC)[nH]1. The van der Waals surface area contributed by atoms with E-state index in [-0.39, 0.29) is 18.5 Å². The van der Waals surface area contributed by atoms with Crippen molar-refractivity contribution >= 4 is 12.0 Å². The van der Waals surface area contributed by atoms with Crippen LogP contribution in [-0.4, -0.2) is 47.1 Å². The summed E-state index contributed by atoms with van der Waals surface area (Å²) in [4.78, 5) is 32.5. The van der Waals surface area contributed by atoms with Crippen LogP contribution >= 0.6 is 0 Å². The van der Waals surface area contributed by atoms with Crippen molar-refractivity contribution in [1.82, 2.24) is 20.2 Å². The van der Waals surface area contributed by atoms with Gasteiger partial charge in [0.05, 0.1) is 13.2 Å². The van der Waals surface area contributed by atoms with Gasteiger partial charge in [0.15, 0.2) is 0 Å². The molecule has 1 aliphatic rings. The van der Waals surface area contributed by atoms with E-state index in [1.165, 1.54) is 7.11 Å². The number of methoxy groups -OCH3 is 1. The Morgan fingerprint density at radius 2 is 2.40 bits per heavy atom. The molecule has 0 radical (unpaired) electrons. The number of imidazole rings is 1. The minimum Gasteiger partial charge on any atom is -0.453 e. The molecular weight excluding hydrogens is 260 g/mol. The highest BCUT2D eigenvalue weighted by molar-refractivity contribution is 5.82. The van der Waals surface area contributed by atoms with Crippen LogP contribution < -0.4 is 5.32 Å². The molecule has 2 rings (SSSR count).